The van der Waals surface area contributed by atoms with Crippen LogP contribution in [0.15, 0.2) is 48.8 Å². The molecule has 0 N–H and O–H groups in total. The van der Waals surface area contributed by atoms with Crippen molar-refractivity contribution in [1.29, 1.82) is 0 Å². The molecule has 2 heterocycles. The third-order valence-corrected chi connectivity index (χ3v) is 4.30. The molecule has 0 bridgehead atoms. The van der Waals surface area contributed by atoms with E-state index in [1.165, 1.54) is 24.2 Å². The predicted octanol–water partition coefficient (Wildman–Crippen LogP) is 11.4. The van der Waals surface area contributed by atoms with Gasteiger partial charge in [0.1, 0.15) is 0 Å². The van der Waals surface area contributed by atoms with E-state index in [0.29, 0.717) is 11.8 Å². The average Bonchev–Trinajstić information content (AvgIpc) is 2.83. The molecule has 0 aliphatic rings. The minimum Gasteiger partial charge on any atom is -0.265 e. The van der Waals surface area contributed by atoms with Gasteiger partial charge in [0.15, 0.2) is 0 Å². The van der Waals surface area contributed by atoms with Crippen molar-refractivity contribution in [3.63, 3.8) is 0 Å². The van der Waals surface area contributed by atoms with E-state index < -0.39 is 0 Å². The zero-order valence-electron chi connectivity index (χ0n) is 25.7. The van der Waals surface area contributed by atoms with Crippen LogP contribution in [-0.4, -0.2) is 9.97 Å². The summed E-state index contributed by atoms with van der Waals surface area (Å²) in [5, 5.41) is 0. The minimum absolute atomic E-state index is 0. The van der Waals surface area contributed by atoms with Crippen molar-refractivity contribution in [2.45, 2.75) is 130 Å². The van der Waals surface area contributed by atoms with Crippen molar-refractivity contribution in [2.75, 3.05) is 0 Å². The number of aromatic nitrogens is 2. The fraction of sp³-hybridized carbons (Fsp3) is 0.697. The monoisotopic (exact) mass is 491 g/mol. The summed E-state index contributed by atoms with van der Waals surface area (Å²) in [6.07, 6.45) is 8.29. The van der Waals surface area contributed by atoms with Crippen LogP contribution in [0.2, 0.25) is 0 Å². The number of nitrogens with zero attached hydrogens (tertiary/aromatic N) is 2. The maximum absolute atomic E-state index is 4.65. The number of rotatable bonds is 6. The van der Waals surface area contributed by atoms with Crippen LogP contribution in [0.3, 0.4) is 0 Å². The van der Waals surface area contributed by atoms with Gasteiger partial charge in [-0.2, -0.15) is 0 Å². The lowest BCUT2D eigenvalue weighted by molar-refractivity contribution is 0.613. The Bertz CT molecular complexity index is 515. The van der Waals surface area contributed by atoms with Crippen molar-refractivity contribution < 1.29 is 0 Å². The summed E-state index contributed by atoms with van der Waals surface area (Å²) in [6.45, 7) is 30.2. The van der Waals surface area contributed by atoms with Gasteiger partial charge in [-0.25, -0.2) is 0 Å². The summed E-state index contributed by atoms with van der Waals surface area (Å²) in [5.41, 5.74) is 2.47. The van der Waals surface area contributed by atoms with E-state index in [-0.39, 0.29) is 7.43 Å². The van der Waals surface area contributed by atoms with E-state index in [1.54, 1.807) is 12.4 Å². The van der Waals surface area contributed by atoms with Crippen LogP contribution in [0.5, 0.6) is 0 Å². The average molecular weight is 491 g/mol. The second-order valence-corrected chi connectivity index (χ2v) is 9.44. The minimum atomic E-state index is 0. The van der Waals surface area contributed by atoms with Crippen LogP contribution in [0.1, 0.15) is 129 Å². The van der Waals surface area contributed by atoms with Crippen LogP contribution in [0.25, 0.3) is 0 Å². The van der Waals surface area contributed by atoms with Gasteiger partial charge in [-0.1, -0.05) is 129 Å². The van der Waals surface area contributed by atoms with Crippen LogP contribution in [0, 0.1) is 23.7 Å². The fourth-order valence-corrected chi connectivity index (χ4v) is 1.91. The van der Waals surface area contributed by atoms with Crippen LogP contribution < -0.4 is 0 Å². The number of pyridine rings is 2. The molecule has 0 amide bonds. The van der Waals surface area contributed by atoms with Gasteiger partial charge in [-0.05, 0) is 60.8 Å². The molecule has 2 nitrogen and oxygen atoms in total. The first kappa shape index (κ1) is 43.4. The standard InChI is InChI=1S/C13H21N.C5H5N.2C5H12.2C2H6.CH4/c1-10(2)8-12-6-5-7-13(14-12)9-11(3)4;1-2-4-6-5-3-1;2*1-4-5(2)3;2*1-2;/h5-7,10-11H,8-9H2,1-4H3;1-5H;2*5H,4H2,1-3H3;2*1-2H3;1H4. The van der Waals surface area contributed by atoms with Gasteiger partial charge < -0.3 is 0 Å². The topological polar surface area (TPSA) is 25.8 Å². The molecule has 2 aromatic heterocycles. The second kappa shape index (κ2) is 34.5. The zero-order valence-corrected chi connectivity index (χ0v) is 25.7. The van der Waals surface area contributed by atoms with Gasteiger partial charge in [0.25, 0.3) is 0 Å². The molecule has 0 saturated heterocycles. The van der Waals surface area contributed by atoms with E-state index in [2.05, 4.69) is 97.4 Å². The van der Waals surface area contributed by atoms with E-state index in [1.807, 2.05) is 45.9 Å². The molecule has 0 radical (unpaired) electrons. The van der Waals surface area contributed by atoms with E-state index in [0.717, 1.165) is 24.7 Å². The molecule has 2 heteroatoms. The van der Waals surface area contributed by atoms with Gasteiger partial charge in [-0.3, -0.25) is 9.97 Å². The molecule has 0 aliphatic carbocycles. The van der Waals surface area contributed by atoms with Crippen molar-refractivity contribution in [2.24, 2.45) is 23.7 Å². The highest BCUT2D eigenvalue weighted by molar-refractivity contribution is 5.12. The van der Waals surface area contributed by atoms with Gasteiger partial charge in [0.05, 0.1) is 0 Å². The Morgan fingerprint density at radius 2 is 0.857 bits per heavy atom. The Hall–Kier alpha value is -1.70. The molecule has 0 aromatic carbocycles. The lowest BCUT2D eigenvalue weighted by atomic mass is 10.0. The Morgan fingerprint density at radius 1 is 0.543 bits per heavy atom. The molecule has 0 saturated carbocycles. The first-order chi connectivity index (χ1) is 16.1. The molecule has 0 aliphatic heterocycles. The third-order valence-electron chi connectivity index (χ3n) is 4.30. The van der Waals surface area contributed by atoms with Gasteiger partial charge in [0.2, 0.25) is 0 Å². The van der Waals surface area contributed by atoms with Crippen molar-refractivity contribution >= 4 is 0 Å². The summed E-state index contributed by atoms with van der Waals surface area (Å²) in [7, 11) is 0. The summed E-state index contributed by atoms with van der Waals surface area (Å²) in [6, 6.07) is 12.1. The molecule has 208 valence electrons. The number of hydrogen-bond acceptors (Lipinski definition) is 2. The predicted molar refractivity (Wildman–Crippen MR) is 165 cm³/mol. The molecular formula is C33H66N2. The quantitative estimate of drug-likeness (QED) is 0.402. The van der Waals surface area contributed by atoms with Gasteiger partial charge in [0, 0.05) is 23.8 Å². The summed E-state index contributed by atoms with van der Waals surface area (Å²) < 4.78 is 0. The third kappa shape index (κ3) is 42.9. The zero-order chi connectivity index (χ0) is 27.4. The maximum atomic E-state index is 4.65. The molecule has 0 unspecified atom stereocenters. The summed E-state index contributed by atoms with van der Waals surface area (Å²) >= 11 is 0. The Labute approximate surface area is 223 Å². The maximum Gasteiger partial charge on any atom is 0.0409 e. The first-order valence-corrected chi connectivity index (χ1v) is 13.9. The highest BCUT2D eigenvalue weighted by Gasteiger charge is 2.02. The fourth-order valence-electron chi connectivity index (χ4n) is 1.91. The highest BCUT2D eigenvalue weighted by Crippen LogP contribution is 2.09. The molecular weight excluding hydrogens is 424 g/mol. The Morgan fingerprint density at radius 3 is 1.03 bits per heavy atom. The van der Waals surface area contributed by atoms with E-state index >= 15 is 0 Å². The Kier molecular flexibility index (Phi) is 42.7. The smallest absolute Gasteiger partial charge is 0.0409 e. The van der Waals surface area contributed by atoms with Crippen LogP contribution in [0.4, 0.5) is 0 Å². The molecule has 2 aromatic rings. The number of hydrogen-bond donors (Lipinski definition) is 0. The van der Waals surface area contributed by atoms with Gasteiger partial charge >= 0.3 is 0 Å². The van der Waals surface area contributed by atoms with E-state index in [9.17, 15) is 0 Å². The molecule has 0 spiro atoms. The second-order valence-electron chi connectivity index (χ2n) is 9.44. The first-order valence-electron chi connectivity index (χ1n) is 13.9. The van der Waals surface area contributed by atoms with E-state index in [4.69, 9.17) is 0 Å². The normalized spacial score (nSPS) is 8.97. The lowest BCUT2D eigenvalue weighted by Crippen LogP contribution is -2.02. The molecule has 2 rings (SSSR count). The molecule has 0 fully saturated rings. The van der Waals surface area contributed by atoms with Crippen molar-refractivity contribution in [3.8, 4) is 0 Å². The molecule has 35 heavy (non-hydrogen) atoms. The van der Waals surface area contributed by atoms with Crippen molar-refractivity contribution in [1.82, 2.24) is 9.97 Å². The lowest BCUT2D eigenvalue weighted by Gasteiger charge is -2.08. The summed E-state index contributed by atoms with van der Waals surface area (Å²) in [4.78, 5) is 8.44. The molecule has 0 atom stereocenters. The van der Waals surface area contributed by atoms with Gasteiger partial charge in [-0.15, -0.1) is 0 Å². The highest BCUT2D eigenvalue weighted by atomic mass is 14.7. The van der Waals surface area contributed by atoms with Crippen LogP contribution in [-0.2, 0) is 12.8 Å². The summed E-state index contributed by atoms with van der Waals surface area (Å²) in [5.74, 6) is 3.15. The van der Waals surface area contributed by atoms with Crippen LogP contribution >= 0.6 is 0 Å². The largest absolute Gasteiger partial charge is 0.265 e. The van der Waals surface area contributed by atoms with Crippen molar-refractivity contribution in [3.05, 3.63) is 60.2 Å². The Balaban J connectivity index is -0.000000120. The SMILES string of the molecule is C.CC.CC.CC(C)Cc1cccc(CC(C)C)n1.CCC(C)C.CCC(C)C.c1ccncc1.